The third kappa shape index (κ3) is 5.42. The van der Waals surface area contributed by atoms with Crippen LogP contribution in [-0.2, 0) is 11.2 Å². The van der Waals surface area contributed by atoms with Crippen molar-refractivity contribution < 1.29 is 18.7 Å². The van der Waals surface area contributed by atoms with E-state index in [9.17, 15) is 14.0 Å². The van der Waals surface area contributed by atoms with Crippen molar-refractivity contribution in [3.63, 3.8) is 0 Å². The van der Waals surface area contributed by atoms with Gasteiger partial charge in [-0.25, -0.2) is 4.39 Å². The minimum atomic E-state index is -0.366. The number of nitrogens with zero attached hydrogens (tertiary/aromatic N) is 2. The monoisotopic (exact) mass is 466 g/mol. The fraction of sp³-hybridized carbons (Fsp3) is 0.308. The first-order valence-corrected chi connectivity index (χ1v) is 12.0. The number of thiophene rings is 1. The molecule has 1 aromatic heterocycles. The largest absolute Gasteiger partial charge is 0.491 e. The number of amides is 2. The topological polar surface area (TPSA) is 49.9 Å². The van der Waals surface area contributed by atoms with Gasteiger partial charge in [-0.3, -0.25) is 9.59 Å². The van der Waals surface area contributed by atoms with Gasteiger partial charge in [0.15, 0.2) is 0 Å². The van der Waals surface area contributed by atoms with E-state index in [0.717, 1.165) is 18.4 Å². The molecule has 33 heavy (non-hydrogen) atoms. The summed E-state index contributed by atoms with van der Waals surface area (Å²) in [6, 6.07) is 16.8. The summed E-state index contributed by atoms with van der Waals surface area (Å²) in [6.07, 6.45) is 1.53. The number of carbonyl (C=O) groups excluding carboxylic acids is 2. The van der Waals surface area contributed by atoms with Gasteiger partial charge in [0.1, 0.15) is 24.7 Å². The van der Waals surface area contributed by atoms with Crippen molar-refractivity contribution in [1.29, 1.82) is 0 Å². The van der Waals surface area contributed by atoms with Gasteiger partial charge in [-0.2, -0.15) is 0 Å². The van der Waals surface area contributed by atoms with Gasteiger partial charge in [0.25, 0.3) is 5.91 Å². The molecule has 0 radical (unpaired) electrons. The molecule has 0 spiro atoms. The van der Waals surface area contributed by atoms with E-state index in [2.05, 4.69) is 0 Å². The van der Waals surface area contributed by atoms with E-state index in [-0.39, 0.29) is 36.8 Å². The zero-order valence-corrected chi connectivity index (χ0v) is 19.4. The third-order valence-electron chi connectivity index (χ3n) is 5.75. The first-order valence-electron chi connectivity index (χ1n) is 11.1. The quantitative estimate of drug-likeness (QED) is 0.472. The molecule has 4 rings (SSSR count). The van der Waals surface area contributed by atoms with Crippen LogP contribution in [0, 0.1) is 5.82 Å². The molecular formula is C26H27FN2O3S. The Morgan fingerprint density at radius 2 is 1.97 bits per heavy atom. The maximum Gasteiger partial charge on any atom is 0.254 e. The zero-order chi connectivity index (χ0) is 23.2. The van der Waals surface area contributed by atoms with Crippen LogP contribution < -0.4 is 4.74 Å². The number of fused-ring (bicyclic) bond motifs is 1. The molecule has 0 saturated heterocycles. The SMILES string of the molecule is CCCN(CC(=O)N1CCc2sccc2[C@H]1COc1cccc(F)c1)C(=O)c1ccccc1. The average molecular weight is 467 g/mol. The van der Waals surface area contributed by atoms with E-state index < -0.39 is 0 Å². The van der Waals surface area contributed by atoms with Crippen molar-refractivity contribution in [2.75, 3.05) is 26.2 Å². The highest BCUT2D eigenvalue weighted by molar-refractivity contribution is 7.10. The van der Waals surface area contributed by atoms with E-state index in [1.54, 1.807) is 45.4 Å². The Kier molecular flexibility index (Phi) is 7.40. The molecule has 0 unspecified atom stereocenters. The average Bonchev–Trinajstić information content (AvgIpc) is 3.31. The van der Waals surface area contributed by atoms with Crippen LogP contribution in [0.15, 0.2) is 66.0 Å². The minimum absolute atomic E-state index is 0.0114. The number of hydrogen-bond donors (Lipinski definition) is 0. The standard InChI is InChI=1S/C26H27FN2O3S/c1-2-13-28(26(31)19-7-4-3-5-8-19)17-25(30)29-14-11-24-22(12-15-33-24)23(29)18-32-21-10-6-9-20(27)16-21/h3-10,12,15-16,23H,2,11,13-14,17-18H2,1H3/t23-/m1/s1. The van der Waals surface area contributed by atoms with Crippen LogP contribution in [0.3, 0.4) is 0 Å². The summed E-state index contributed by atoms with van der Waals surface area (Å²) in [6.45, 7) is 3.28. The highest BCUT2D eigenvalue weighted by atomic mass is 32.1. The molecular weight excluding hydrogens is 439 g/mol. The number of hydrogen-bond acceptors (Lipinski definition) is 4. The molecule has 1 aliphatic heterocycles. The van der Waals surface area contributed by atoms with Gasteiger partial charge in [-0.15, -0.1) is 11.3 Å². The zero-order valence-electron chi connectivity index (χ0n) is 18.6. The van der Waals surface area contributed by atoms with Crippen molar-refractivity contribution in [3.8, 4) is 5.75 Å². The molecule has 0 saturated carbocycles. The summed E-state index contributed by atoms with van der Waals surface area (Å²) >= 11 is 1.67. The molecule has 3 aromatic rings. The Hall–Kier alpha value is -3.19. The van der Waals surface area contributed by atoms with Crippen LogP contribution in [-0.4, -0.2) is 47.9 Å². The molecule has 2 amide bonds. The highest BCUT2D eigenvalue weighted by Gasteiger charge is 2.33. The van der Waals surface area contributed by atoms with Crippen molar-refractivity contribution >= 4 is 23.2 Å². The van der Waals surface area contributed by atoms with Crippen LogP contribution >= 0.6 is 11.3 Å². The van der Waals surface area contributed by atoms with Crippen molar-refractivity contribution in [2.45, 2.75) is 25.8 Å². The van der Waals surface area contributed by atoms with Crippen LogP contribution in [0.2, 0.25) is 0 Å². The molecule has 0 fully saturated rings. The molecule has 172 valence electrons. The first-order chi connectivity index (χ1) is 16.1. The fourth-order valence-electron chi connectivity index (χ4n) is 4.15. The maximum absolute atomic E-state index is 13.6. The van der Waals surface area contributed by atoms with Crippen molar-refractivity contribution in [2.24, 2.45) is 0 Å². The number of halogens is 1. The Morgan fingerprint density at radius 1 is 1.15 bits per heavy atom. The lowest BCUT2D eigenvalue weighted by molar-refractivity contribution is -0.135. The lowest BCUT2D eigenvalue weighted by Gasteiger charge is -2.37. The van der Waals surface area contributed by atoms with Crippen LogP contribution in [0.25, 0.3) is 0 Å². The second-order valence-corrected chi connectivity index (χ2v) is 9.01. The summed E-state index contributed by atoms with van der Waals surface area (Å²) in [4.78, 5) is 31.1. The Labute approximate surface area is 197 Å². The van der Waals surface area contributed by atoms with Gasteiger partial charge >= 0.3 is 0 Å². The predicted molar refractivity (Wildman–Crippen MR) is 127 cm³/mol. The lowest BCUT2D eigenvalue weighted by atomic mass is 10.0. The molecule has 1 aliphatic rings. The van der Waals surface area contributed by atoms with E-state index in [1.165, 1.54) is 17.0 Å². The van der Waals surface area contributed by atoms with Gasteiger partial charge in [0.2, 0.25) is 5.91 Å². The predicted octanol–water partition coefficient (Wildman–Crippen LogP) is 4.94. The Balaban J connectivity index is 1.52. The molecule has 5 nitrogen and oxygen atoms in total. The number of rotatable bonds is 8. The molecule has 0 aliphatic carbocycles. The molecule has 0 bridgehead atoms. The number of carbonyl (C=O) groups is 2. The summed E-state index contributed by atoms with van der Waals surface area (Å²) in [7, 11) is 0. The lowest BCUT2D eigenvalue weighted by Crippen LogP contribution is -2.48. The summed E-state index contributed by atoms with van der Waals surface area (Å²) < 4.78 is 19.5. The Morgan fingerprint density at radius 3 is 2.73 bits per heavy atom. The number of ether oxygens (including phenoxy) is 1. The molecule has 0 N–H and O–H groups in total. The van der Waals surface area contributed by atoms with E-state index in [0.29, 0.717) is 24.4 Å². The van der Waals surface area contributed by atoms with Crippen LogP contribution in [0.4, 0.5) is 4.39 Å². The van der Waals surface area contributed by atoms with E-state index in [1.807, 2.05) is 36.6 Å². The highest BCUT2D eigenvalue weighted by Crippen LogP contribution is 2.34. The molecule has 1 atom stereocenters. The smallest absolute Gasteiger partial charge is 0.254 e. The summed E-state index contributed by atoms with van der Waals surface area (Å²) in [5, 5.41) is 2.02. The number of benzene rings is 2. The maximum atomic E-state index is 13.6. The van der Waals surface area contributed by atoms with Gasteiger partial charge in [-0.1, -0.05) is 31.2 Å². The Bertz CT molecular complexity index is 1100. The second-order valence-electron chi connectivity index (χ2n) is 8.01. The van der Waals surface area contributed by atoms with Crippen LogP contribution in [0.5, 0.6) is 5.75 Å². The van der Waals surface area contributed by atoms with E-state index in [4.69, 9.17) is 4.74 Å². The van der Waals surface area contributed by atoms with Crippen molar-refractivity contribution in [3.05, 3.63) is 87.9 Å². The van der Waals surface area contributed by atoms with E-state index >= 15 is 0 Å². The normalized spacial score (nSPS) is 15.1. The van der Waals surface area contributed by atoms with Gasteiger partial charge in [-0.05, 0) is 54.1 Å². The third-order valence-corrected chi connectivity index (χ3v) is 6.74. The molecule has 2 aromatic carbocycles. The van der Waals surface area contributed by atoms with Crippen LogP contribution in [0.1, 0.15) is 40.2 Å². The second kappa shape index (κ2) is 10.6. The summed E-state index contributed by atoms with van der Waals surface area (Å²) in [5.74, 6) is -0.199. The van der Waals surface area contributed by atoms with Gasteiger partial charge < -0.3 is 14.5 Å². The minimum Gasteiger partial charge on any atom is -0.491 e. The first kappa shape index (κ1) is 23.0. The fourth-order valence-corrected chi connectivity index (χ4v) is 5.07. The molecule has 7 heteroatoms. The molecule has 2 heterocycles. The van der Waals surface area contributed by atoms with Gasteiger partial charge in [0.05, 0.1) is 6.04 Å². The van der Waals surface area contributed by atoms with Gasteiger partial charge in [0, 0.05) is 29.6 Å². The van der Waals surface area contributed by atoms with Crippen molar-refractivity contribution in [1.82, 2.24) is 9.80 Å². The summed E-state index contributed by atoms with van der Waals surface area (Å²) in [5.41, 5.74) is 1.64.